The molecule has 9 heavy (non-hydrogen) atoms. The van der Waals surface area contributed by atoms with Crippen molar-refractivity contribution in [1.82, 2.24) is 0 Å². The molecule has 0 aromatic carbocycles. The molecule has 0 saturated heterocycles. The SMILES string of the molecule is C=C(C)N=CN=C(C)C. The van der Waals surface area contributed by atoms with E-state index in [9.17, 15) is 0 Å². The fraction of sp³-hybridized carbons (Fsp3) is 0.429. The minimum Gasteiger partial charge on any atom is -0.246 e. The van der Waals surface area contributed by atoms with Crippen LogP contribution in [0, 0.1) is 0 Å². The minimum absolute atomic E-state index is 0.778. The van der Waals surface area contributed by atoms with Crippen LogP contribution in [0.3, 0.4) is 0 Å². The van der Waals surface area contributed by atoms with Gasteiger partial charge in [-0.1, -0.05) is 6.58 Å². The lowest BCUT2D eigenvalue weighted by Gasteiger charge is -1.83. The van der Waals surface area contributed by atoms with Gasteiger partial charge in [-0.2, -0.15) is 0 Å². The summed E-state index contributed by atoms with van der Waals surface area (Å²) < 4.78 is 0. The Bertz CT molecular complexity index is 150. The first kappa shape index (κ1) is 8.08. The Morgan fingerprint density at radius 3 is 2.22 bits per heavy atom. The van der Waals surface area contributed by atoms with Crippen LogP contribution in [0.15, 0.2) is 22.3 Å². The third-order valence-electron chi connectivity index (χ3n) is 0.594. The van der Waals surface area contributed by atoms with Crippen LogP contribution in [-0.4, -0.2) is 12.1 Å². The Hall–Kier alpha value is -0.920. The van der Waals surface area contributed by atoms with Crippen molar-refractivity contribution in [3.63, 3.8) is 0 Å². The molecule has 0 aliphatic heterocycles. The van der Waals surface area contributed by atoms with E-state index in [0.29, 0.717) is 0 Å². The van der Waals surface area contributed by atoms with Crippen LogP contribution in [0.4, 0.5) is 0 Å². The highest BCUT2D eigenvalue weighted by atomic mass is 14.9. The third-order valence-corrected chi connectivity index (χ3v) is 0.594. The van der Waals surface area contributed by atoms with Crippen molar-refractivity contribution in [2.75, 3.05) is 0 Å². The van der Waals surface area contributed by atoms with Gasteiger partial charge in [-0.3, -0.25) is 0 Å². The molecule has 0 aromatic rings. The van der Waals surface area contributed by atoms with Gasteiger partial charge in [0.05, 0.1) is 0 Å². The zero-order chi connectivity index (χ0) is 7.28. The summed E-state index contributed by atoms with van der Waals surface area (Å²) in [4.78, 5) is 7.79. The van der Waals surface area contributed by atoms with E-state index >= 15 is 0 Å². The van der Waals surface area contributed by atoms with Crippen LogP contribution >= 0.6 is 0 Å². The molecule has 2 heteroatoms. The van der Waals surface area contributed by atoms with Crippen LogP contribution < -0.4 is 0 Å². The topological polar surface area (TPSA) is 24.7 Å². The van der Waals surface area contributed by atoms with E-state index < -0.39 is 0 Å². The molecule has 0 radical (unpaired) electrons. The van der Waals surface area contributed by atoms with E-state index in [4.69, 9.17) is 0 Å². The second-order valence-electron chi connectivity index (χ2n) is 2.06. The first-order valence-electron chi connectivity index (χ1n) is 2.82. The molecule has 0 aromatic heterocycles. The molecule has 0 atom stereocenters. The molecule has 0 aliphatic rings. The minimum atomic E-state index is 0.778. The zero-order valence-electron chi connectivity index (χ0n) is 6.18. The van der Waals surface area contributed by atoms with Crippen molar-refractivity contribution >= 4 is 12.1 Å². The molecule has 0 bridgehead atoms. The fourth-order valence-electron chi connectivity index (χ4n) is 0.243. The lowest BCUT2D eigenvalue weighted by atomic mass is 10.5. The molecule has 2 nitrogen and oxygen atoms in total. The second kappa shape index (κ2) is 4.01. The summed E-state index contributed by atoms with van der Waals surface area (Å²) in [6.45, 7) is 9.26. The van der Waals surface area contributed by atoms with Gasteiger partial charge in [-0.15, -0.1) is 0 Å². The molecular weight excluding hydrogens is 112 g/mol. The van der Waals surface area contributed by atoms with E-state index in [2.05, 4.69) is 16.6 Å². The monoisotopic (exact) mass is 124 g/mol. The zero-order valence-corrected chi connectivity index (χ0v) is 6.18. The number of nitrogens with zero attached hydrogens (tertiary/aromatic N) is 2. The molecule has 0 rings (SSSR count). The smallest absolute Gasteiger partial charge is 0.115 e. The highest BCUT2D eigenvalue weighted by molar-refractivity contribution is 5.86. The number of aliphatic imine (C=N–C) groups is 2. The largest absolute Gasteiger partial charge is 0.246 e. The molecule has 0 spiro atoms. The number of hydrogen-bond acceptors (Lipinski definition) is 1. The normalized spacial score (nSPS) is 9.67. The third kappa shape index (κ3) is 7.08. The Morgan fingerprint density at radius 1 is 1.33 bits per heavy atom. The van der Waals surface area contributed by atoms with Crippen molar-refractivity contribution < 1.29 is 0 Å². The summed E-state index contributed by atoms with van der Waals surface area (Å²) in [6, 6.07) is 0. The van der Waals surface area contributed by atoms with E-state index in [0.717, 1.165) is 11.4 Å². The highest BCUT2D eigenvalue weighted by Crippen LogP contribution is 1.84. The lowest BCUT2D eigenvalue weighted by molar-refractivity contribution is 1.33. The molecule has 0 aliphatic carbocycles. The molecule has 50 valence electrons. The van der Waals surface area contributed by atoms with Gasteiger partial charge < -0.3 is 0 Å². The summed E-state index contributed by atoms with van der Waals surface area (Å²) in [7, 11) is 0. The predicted octanol–water partition coefficient (Wildman–Crippen LogP) is 2.03. The first-order valence-corrected chi connectivity index (χ1v) is 2.82. The standard InChI is InChI=1S/C7H12N2/c1-6(2)8-5-9-7(3)4/h5H,1H2,2-4H3. The van der Waals surface area contributed by atoms with Crippen molar-refractivity contribution in [3.8, 4) is 0 Å². The van der Waals surface area contributed by atoms with Crippen LogP contribution in [0.5, 0.6) is 0 Å². The number of allylic oxidation sites excluding steroid dienone is 1. The van der Waals surface area contributed by atoms with Crippen LogP contribution in [-0.2, 0) is 0 Å². The van der Waals surface area contributed by atoms with Gasteiger partial charge in [0.2, 0.25) is 0 Å². The summed E-state index contributed by atoms with van der Waals surface area (Å²) >= 11 is 0. The van der Waals surface area contributed by atoms with Gasteiger partial charge in [0.15, 0.2) is 0 Å². The van der Waals surface area contributed by atoms with Crippen molar-refractivity contribution in [1.29, 1.82) is 0 Å². The molecule has 0 heterocycles. The predicted molar refractivity (Wildman–Crippen MR) is 42.1 cm³/mol. The van der Waals surface area contributed by atoms with Gasteiger partial charge in [0.25, 0.3) is 0 Å². The molecule has 0 amide bonds. The fourth-order valence-corrected chi connectivity index (χ4v) is 0.243. The average molecular weight is 124 g/mol. The first-order chi connectivity index (χ1) is 4.13. The molecule has 0 unspecified atom stereocenters. The average Bonchev–Trinajstić information content (AvgIpc) is 1.63. The maximum atomic E-state index is 3.93. The molecule has 0 saturated carbocycles. The van der Waals surface area contributed by atoms with Crippen molar-refractivity contribution in [2.45, 2.75) is 20.8 Å². The van der Waals surface area contributed by atoms with E-state index in [-0.39, 0.29) is 0 Å². The van der Waals surface area contributed by atoms with E-state index in [1.54, 1.807) is 0 Å². The van der Waals surface area contributed by atoms with Crippen molar-refractivity contribution in [2.24, 2.45) is 9.98 Å². The second-order valence-corrected chi connectivity index (χ2v) is 2.06. The number of hydrogen-bond donors (Lipinski definition) is 0. The Labute approximate surface area is 56.0 Å². The van der Waals surface area contributed by atoms with Crippen LogP contribution in [0.2, 0.25) is 0 Å². The highest BCUT2D eigenvalue weighted by Gasteiger charge is 1.72. The Morgan fingerprint density at radius 2 is 1.89 bits per heavy atom. The van der Waals surface area contributed by atoms with Gasteiger partial charge in [0.1, 0.15) is 6.34 Å². The van der Waals surface area contributed by atoms with E-state index in [1.807, 2.05) is 20.8 Å². The van der Waals surface area contributed by atoms with Gasteiger partial charge >= 0.3 is 0 Å². The number of rotatable bonds is 2. The maximum absolute atomic E-state index is 3.93. The van der Waals surface area contributed by atoms with Gasteiger partial charge in [-0.25, -0.2) is 9.98 Å². The van der Waals surface area contributed by atoms with Crippen LogP contribution in [0.25, 0.3) is 0 Å². The maximum Gasteiger partial charge on any atom is 0.115 e. The van der Waals surface area contributed by atoms with Crippen molar-refractivity contribution in [3.05, 3.63) is 12.3 Å². The van der Waals surface area contributed by atoms with Gasteiger partial charge in [-0.05, 0) is 20.8 Å². The molecule has 0 fully saturated rings. The quantitative estimate of drug-likeness (QED) is 0.397. The molecule has 0 N–H and O–H groups in total. The summed E-state index contributed by atoms with van der Waals surface area (Å²) in [5.74, 6) is 0. The lowest BCUT2D eigenvalue weighted by Crippen LogP contribution is -1.79. The summed E-state index contributed by atoms with van der Waals surface area (Å²) in [6.07, 6.45) is 1.51. The van der Waals surface area contributed by atoms with Gasteiger partial charge in [0, 0.05) is 11.4 Å². The van der Waals surface area contributed by atoms with Crippen LogP contribution in [0.1, 0.15) is 20.8 Å². The summed E-state index contributed by atoms with van der Waals surface area (Å²) in [5.41, 5.74) is 1.78. The Kier molecular flexibility index (Phi) is 3.60. The van der Waals surface area contributed by atoms with E-state index in [1.165, 1.54) is 6.34 Å². The summed E-state index contributed by atoms with van der Waals surface area (Å²) in [5, 5.41) is 0. The molecular formula is C7H12N2. The Balaban J connectivity index is 3.74.